The highest BCUT2D eigenvalue weighted by atomic mass is 15.3. The molecule has 0 aromatic carbocycles. The summed E-state index contributed by atoms with van der Waals surface area (Å²) in [5.41, 5.74) is 2.35. The maximum absolute atomic E-state index is 4.63. The first-order valence-electron chi connectivity index (χ1n) is 8.39. The Bertz CT molecular complexity index is 845. The molecule has 8 heteroatoms. The van der Waals surface area contributed by atoms with Crippen molar-refractivity contribution in [3.63, 3.8) is 0 Å². The lowest BCUT2D eigenvalue weighted by Crippen LogP contribution is -2.19. The van der Waals surface area contributed by atoms with E-state index in [1.54, 1.807) is 12.5 Å². The van der Waals surface area contributed by atoms with E-state index in [0.29, 0.717) is 23.7 Å². The van der Waals surface area contributed by atoms with Crippen LogP contribution in [0.15, 0.2) is 18.7 Å². The Labute approximate surface area is 140 Å². The fraction of sp³-hybridized carbons (Fsp3) is 0.500. The number of imidazole rings is 1. The van der Waals surface area contributed by atoms with Crippen molar-refractivity contribution in [2.75, 3.05) is 10.6 Å². The van der Waals surface area contributed by atoms with E-state index in [1.165, 1.54) is 12.8 Å². The second-order valence-electron chi connectivity index (χ2n) is 6.70. The smallest absolute Gasteiger partial charge is 0.231 e. The summed E-state index contributed by atoms with van der Waals surface area (Å²) in [6.07, 6.45) is 7.93. The molecule has 1 fully saturated rings. The molecule has 126 valence electrons. The van der Waals surface area contributed by atoms with Crippen LogP contribution < -0.4 is 10.6 Å². The van der Waals surface area contributed by atoms with E-state index >= 15 is 0 Å². The van der Waals surface area contributed by atoms with Crippen molar-refractivity contribution in [2.45, 2.75) is 45.7 Å². The monoisotopic (exact) mass is 326 g/mol. The van der Waals surface area contributed by atoms with Gasteiger partial charge in [0, 0.05) is 18.3 Å². The molecule has 24 heavy (non-hydrogen) atoms. The summed E-state index contributed by atoms with van der Waals surface area (Å²) in [6, 6.07) is 0.704. The van der Waals surface area contributed by atoms with Gasteiger partial charge in [-0.3, -0.25) is 4.68 Å². The molecule has 0 aliphatic heterocycles. The molecule has 0 bridgehead atoms. The molecular formula is C16H22N8. The van der Waals surface area contributed by atoms with Crippen molar-refractivity contribution in [1.82, 2.24) is 29.7 Å². The first kappa shape index (κ1) is 14.9. The molecule has 3 aromatic heterocycles. The van der Waals surface area contributed by atoms with Crippen molar-refractivity contribution in [1.29, 1.82) is 0 Å². The normalized spacial score (nSPS) is 15.8. The lowest BCUT2D eigenvalue weighted by Gasteiger charge is -2.14. The quantitative estimate of drug-likeness (QED) is 0.644. The summed E-state index contributed by atoms with van der Waals surface area (Å²) in [7, 11) is 0. The third-order valence-electron chi connectivity index (χ3n) is 4.37. The molecule has 0 radical (unpaired) electrons. The van der Waals surface area contributed by atoms with Crippen molar-refractivity contribution in [3.05, 3.63) is 18.7 Å². The predicted molar refractivity (Wildman–Crippen MR) is 93.4 cm³/mol. The molecule has 1 aliphatic rings. The number of aromatic amines is 1. The van der Waals surface area contributed by atoms with Crippen LogP contribution in [0.1, 0.15) is 39.7 Å². The van der Waals surface area contributed by atoms with Crippen LogP contribution in [-0.2, 0) is 0 Å². The van der Waals surface area contributed by atoms with Gasteiger partial charge in [0.2, 0.25) is 5.95 Å². The summed E-state index contributed by atoms with van der Waals surface area (Å²) in [4.78, 5) is 16.5. The van der Waals surface area contributed by atoms with Gasteiger partial charge in [0.25, 0.3) is 0 Å². The first-order valence-corrected chi connectivity index (χ1v) is 8.39. The molecule has 3 heterocycles. The Morgan fingerprint density at radius 1 is 1.25 bits per heavy atom. The van der Waals surface area contributed by atoms with Gasteiger partial charge in [-0.2, -0.15) is 15.1 Å². The van der Waals surface area contributed by atoms with Crippen molar-refractivity contribution in [3.8, 4) is 0 Å². The number of nitrogens with one attached hydrogen (secondary N) is 3. The molecule has 1 saturated carbocycles. The van der Waals surface area contributed by atoms with Crippen LogP contribution in [-0.4, -0.2) is 35.8 Å². The lowest BCUT2D eigenvalue weighted by molar-refractivity contribution is 0.532. The predicted octanol–water partition coefficient (Wildman–Crippen LogP) is 3.08. The van der Waals surface area contributed by atoms with E-state index in [0.717, 1.165) is 22.9 Å². The highest BCUT2D eigenvalue weighted by Gasteiger charge is 2.28. The number of nitrogens with zero attached hydrogens (tertiary/aromatic N) is 5. The third kappa shape index (κ3) is 2.91. The fourth-order valence-corrected chi connectivity index (χ4v) is 2.74. The first-order chi connectivity index (χ1) is 11.6. The van der Waals surface area contributed by atoms with E-state index in [2.05, 4.69) is 56.4 Å². The lowest BCUT2D eigenvalue weighted by atomic mass is 10.2. The molecule has 1 unspecified atom stereocenters. The number of aromatic nitrogens is 6. The average molecular weight is 326 g/mol. The summed E-state index contributed by atoms with van der Waals surface area (Å²) in [5, 5.41) is 11.0. The molecular weight excluding hydrogens is 304 g/mol. The molecule has 0 amide bonds. The van der Waals surface area contributed by atoms with E-state index in [1.807, 2.05) is 10.9 Å². The van der Waals surface area contributed by atoms with E-state index in [9.17, 15) is 0 Å². The van der Waals surface area contributed by atoms with Crippen LogP contribution >= 0.6 is 0 Å². The zero-order valence-electron chi connectivity index (χ0n) is 14.1. The average Bonchev–Trinajstić information content (AvgIpc) is 3.10. The maximum atomic E-state index is 4.63. The number of anilines is 3. The molecule has 1 atom stereocenters. The minimum absolute atomic E-state index is 0.312. The van der Waals surface area contributed by atoms with Crippen LogP contribution in [0.25, 0.3) is 11.2 Å². The van der Waals surface area contributed by atoms with Gasteiger partial charge in [-0.15, -0.1) is 0 Å². The Morgan fingerprint density at radius 3 is 2.79 bits per heavy atom. The highest BCUT2D eigenvalue weighted by Crippen LogP contribution is 2.34. The van der Waals surface area contributed by atoms with Gasteiger partial charge < -0.3 is 15.6 Å². The van der Waals surface area contributed by atoms with E-state index in [4.69, 9.17) is 0 Å². The molecule has 3 aromatic rings. The van der Waals surface area contributed by atoms with Crippen LogP contribution in [0.2, 0.25) is 0 Å². The summed E-state index contributed by atoms with van der Waals surface area (Å²) >= 11 is 0. The summed E-state index contributed by atoms with van der Waals surface area (Å²) < 4.78 is 1.89. The maximum Gasteiger partial charge on any atom is 0.231 e. The Morgan fingerprint density at radius 2 is 2.08 bits per heavy atom. The summed E-state index contributed by atoms with van der Waals surface area (Å²) in [5.74, 6) is 2.04. The Hall–Kier alpha value is -2.64. The zero-order chi connectivity index (χ0) is 16.7. The molecule has 4 rings (SSSR count). The van der Waals surface area contributed by atoms with Crippen molar-refractivity contribution < 1.29 is 0 Å². The van der Waals surface area contributed by atoms with Gasteiger partial charge in [0.1, 0.15) is 5.52 Å². The number of hydrogen-bond acceptors (Lipinski definition) is 6. The van der Waals surface area contributed by atoms with Crippen LogP contribution in [0.4, 0.5) is 17.5 Å². The van der Waals surface area contributed by atoms with Crippen LogP contribution in [0.3, 0.4) is 0 Å². The molecule has 3 N–H and O–H groups in total. The fourth-order valence-electron chi connectivity index (χ4n) is 2.74. The highest BCUT2D eigenvalue weighted by molar-refractivity contribution is 5.84. The molecule has 0 saturated heterocycles. The van der Waals surface area contributed by atoms with E-state index in [-0.39, 0.29) is 0 Å². The van der Waals surface area contributed by atoms with Gasteiger partial charge in [-0.1, -0.05) is 0 Å². The number of H-pyrrole nitrogens is 1. The third-order valence-corrected chi connectivity index (χ3v) is 4.37. The zero-order valence-corrected chi connectivity index (χ0v) is 14.1. The van der Waals surface area contributed by atoms with Crippen LogP contribution in [0, 0.1) is 5.92 Å². The van der Waals surface area contributed by atoms with Crippen LogP contribution in [0.5, 0.6) is 0 Å². The standard InChI is InChI=1S/C16H22N8/c1-9(2)24-7-12(6-19-24)21-16-22-14-13(17-8-18-14)15(23-16)20-10(3)11-4-5-11/h6-11H,4-5H2,1-3H3,(H3,17,18,20,21,22,23). The number of hydrogen-bond donors (Lipinski definition) is 3. The van der Waals surface area contributed by atoms with Gasteiger partial charge >= 0.3 is 0 Å². The Balaban J connectivity index is 1.62. The second-order valence-corrected chi connectivity index (χ2v) is 6.70. The minimum atomic E-state index is 0.312. The molecule has 8 nitrogen and oxygen atoms in total. The minimum Gasteiger partial charge on any atom is -0.365 e. The van der Waals surface area contributed by atoms with Gasteiger partial charge in [-0.05, 0) is 39.5 Å². The summed E-state index contributed by atoms with van der Waals surface area (Å²) in [6.45, 7) is 6.37. The van der Waals surface area contributed by atoms with Gasteiger partial charge in [-0.25, -0.2) is 4.98 Å². The number of fused-ring (bicyclic) bond motifs is 1. The Kier molecular flexibility index (Phi) is 3.59. The van der Waals surface area contributed by atoms with Crippen molar-refractivity contribution >= 4 is 28.6 Å². The topological polar surface area (TPSA) is 96.3 Å². The van der Waals surface area contributed by atoms with Gasteiger partial charge in [0.05, 0.1) is 18.2 Å². The van der Waals surface area contributed by atoms with E-state index < -0.39 is 0 Å². The van der Waals surface area contributed by atoms with Gasteiger partial charge in [0.15, 0.2) is 11.5 Å². The molecule has 0 spiro atoms. The largest absolute Gasteiger partial charge is 0.365 e. The molecule has 1 aliphatic carbocycles. The second kappa shape index (κ2) is 5.77. The number of rotatable bonds is 6. The van der Waals surface area contributed by atoms with Crippen molar-refractivity contribution in [2.24, 2.45) is 5.92 Å². The SMILES string of the molecule is CC(Nc1nc(Nc2cnn(C(C)C)c2)nc2nc[nH]c12)C1CC1.